The highest BCUT2D eigenvalue weighted by Gasteiger charge is 2.29. The number of oxazole rings is 1. The number of rotatable bonds is 11. The molecule has 8 nitrogen and oxygen atoms in total. The molecular formula is C24H27NO7. The number of hydrogen-bond donors (Lipinski definition) is 0. The van der Waals surface area contributed by atoms with Crippen molar-refractivity contribution in [3.63, 3.8) is 0 Å². The average molecular weight is 441 g/mol. The van der Waals surface area contributed by atoms with Gasteiger partial charge in [0.15, 0.2) is 19.3 Å². The van der Waals surface area contributed by atoms with Gasteiger partial charge in [-0.15, -0.1) is 0 Å². The molecule has 3 rings (SSSR count). The number of methoxy groups -OCH3 is 3. The first-order valence-electron chi connectivity index (χ1n) is 10.1. The minimum Gasteiger partial charge on any atom is -0.469 e. The fourth-order valence-corrected chi connectivity index (χ4v) is 3.34. The number of nitrogens with zero attached hydrogens (tertiary/aromatic N) is 1. The normalized spacial score (nSPS) is 11.8. The van der Waals surface area contributed by atoms with Crippen LogP contribution in [-0.2, 0) is 19.0 Å². The largest absolute Gasteiger partial charge is 0.469 e. The van der Waals surface area contributed by atoms with Gasteiger partial charge in [0.1, 0.15) is 11.5 Å². The van der Waals surface area contributed by atoms with E-state index >= 15 is 0 Å². The maximum atomic E-state index is 12.6. The van der Waals surface area contributed by atoms with Crippen molar-refractivity contribution in [3.05, 3.63) is 54.2 Å². The van der Waals surface area contributed by atoms with Crippen molar-refractivity contribution in [2.24, 2.45) is 0 Å². The Morgan fingerprint density at radius 2 is 1.75 bits per heavy atom. The van der Waals surface area contributed by atoms with Crippen LogP contribution in [0.4, 0.5) is 0 Å². The molecule has 0 amide bonds. The number of benzene rings is 2. The van der Waals surface area contributed by atoms with Gasteiger partial charge in [0, 0.05) is 25.8 Å². The van der Waals surface area contributed by atoms with Crippen LogP contribution in [0.3, 0.4) is 0 Å². The first-order chi connectivity index (χ1) is 15.6. The molecule has 0 bridgehead atoms. The molecule has 0 aliphatic heterocycles. The Kier molecular flexibility index (Phi) is 8.24. The third-order valence-electron chi connectivity index (χ3n) is 4.83. The zero-order valence-corrected chi connectivity index (χ0v) is 18.6. The summed E-state index contributed by atoms with van der Waals surface area (Å²) >= 11 is 0. The van der Waals surface area contributed by atoms with Crippen molar-refractivity contribution in [1.29, 1.82) is 0 Å². The summed E-state index contributed by atoms with van der Waals surface area (Å²) in [6, 6.07) is 13.1. The molecule has 0 radical (unpaired) electrons. The topological polar surface area (TPSA) is 89.3 Å². The Labute approximate surface area is 187 Å². The van der Waals surface area contributed by atoms with Crippen molar-refractivity contribution < 1.29 is 32.9 Å². The van der Waals surface area contributed by atoms with Crippen LogP contribution in [0.1, 0.15) is 24.8 Å². The van der Waals surface area contributed by atoms with Gasteiger partial charge in [0.25, 0.3) is 0 Å². The molecule has 0 N–H and O–H groups in total. The molecule has 170 valence electrons. The predicted octanol–water partition coefficient (Wildman–Crippen LogP) is 4.64. The van der Waals surface area contributed by atoms with Crippen LogP contribution in [-0.4, -0.2) is 45.9 Å². The van der Waals surface area contributed by atoms with Gasteiger partial charge in [-0.3, -0.25) is 4.79 Å². The zero-order chi connectivity index (χ0) is 22.9. The molecule has 0 spiro atoms. The van der Waals surface area contributed by atoms with E-state index in [9.17, 15) is 4.79 Å². The number of hydrogen-bond acceptors (Lipinski definition) is 8. The summed E-state index contributed by atoms with van der Waals surface area (Å²) in [5.74, 6) is 0.803. The van der Waals surface area contributed by atoms with E-state index in [1.165, 1.54) is 21.3 Å². The lowest BCUT2D eigenvalue weighted by atomic mass is 9.91. The van der Waals surface area contributed by atoms with Crippen LogP contribution in [0.5, 0.6) is 11.5 Å². The molecule has 8 heteroatoms. The molecule has 0 aliphatic rings. The highest BCUT2D eigenvalue weighted by Crippen LogP contribution is 2.42. The van der Waals surface area contributed by atoms with Crippen molar-refractivity contribution >= 4 is 5.97 Å². The van der Waals surface area contributed by atoms with E-state index in [1.807, 2.05) is 37.3 Å². The standard InChI is InChI=1S/C24H27NO7/c1-5-18(24(26)29-4)19-11-17(30-14-27-2)12-20(31-15-28-3)22(19)23-25-13-21(32-23)16-9-7-6-8-10-16/h6-13,18H,5,14-15H2,1-4H3. The van der Waals surface area contributed by atoms with Gasteiger partial charge in [0.2, 0.25) is 5.89 Å². The van der Waals surface area contributed by atoms with E-state index in [4.69, 9.17) is 28.1 Å². The highest BCUT2D eigenvalue weighted by molar-refractivity contribution is 5.83. The molecule has 1 aromatic heterocycles. The molecule has 1 heterocycles. The van der Waals surface area contributed by atoms with Crippen LogP contribution in [0.2, 0.25) is 0 Å². The molecule has 0 aliphatic carbocycles. The maximum Gasteiger partial charge on any atom is 0.313 e. The monoisotopic (exact) mass is 441 g/mol. The second kappa shape index (κ2) is 11.3. The van der Waals surface area contributed by atoms with Gasteiger partial charge in [0.05, 0.1) is 24.8 Å². The second-order valence-electron chi connectivity index (χ2n) is 6.87. The number of carbonyl (C=O) groups is 1. The molecule has 0 fully saturated rings. The number of ether oxygens (including phenoxy) is 5. The predicted molar refractivity (Wildman–Crippen MR) is 117 cm³/mol. The van der Waals surface area contributed by atoms with E-state index in [0.717, 1.165) is 5.56 Å². The van der Waals surface area contributed by atoms with Gasteiger partial charge in [-0.1, -0.05) is 37.3 Å². The van der Waals surface area contributed by atoms with Crippen molar-refractivity contribution in [2.45, 2.75) is 19.3 Å². The van der Waals surface area contributed by atoms with E-state index in [2.05, 4.69) is 4.98 Å². The van der Waals surface area contributed by atoms with Crippen LogP contribution >= 0.6 is 0 Å². The molecule has 2 aromatic carbocycles. The fourth-order valence-electron chi connectivity index (χ4n) is 3.34. The first kappa shape index (κ1) is 23.3. The van der Waals surface area contributed by atoms with E-state index in [1.54, 1.807) is 18.3 Å². The molecule has 0 saturated carbocycles. The first-order valence-corrected chi connectivity index (χ1v) is 10.1. The number of esters is 1. The molecule has 1 unspecified atom stereocenters. The van der Waals surface area contributed by atoms with Gasteiger partial charge in [-0.05, 0) is 18.1 Å². The maximum absolute atomic E-state index is 12.6. The lowest BCUT2D eigenvalue weighted by Gasteiger charge is -2.20. The Balaban J connectivity index is 2.18. The number of carbonyl (C=O) groups excluding carboxylic acids is 1. The van der Waals surface area contributed by atoms with Crippen LogP contribution in [0.15, 0.2) is 53.1 Å². The quantitative estimate of drug-likeness (QED) is 0.314. The van der Waals surface area contributed by atoms with E-state index in [-0.39, 0.29) is 19.6 Å². The summed E-state index contributed by atoms with van der Waals surface area (Å²) in [6.07, 6.45) is 2.13. The molecular weight excluding hydrogens is 414 g/mol. The SMILES string of the molecule is CCC(C(=O)OC)c1cc(OCOC)cc(OCOC)c1-c1ncc(-c2ccccc2)o1. The van der Waals surface area contributed by atoms with Gasteiger partial charge in [-0.25, -0.2) is 4.98 Å². The molecule has 3 aromatic rings. The van der Waals surface area contributed by atoms with E-state index < -0.39 is 5.92 Å². The number of aromatic nitrogens is 1. The molecule has 1 atom stereocenters. The van der Waals surface area contributed by atoms with Gasteiger partial charge in [-0.2, -0.15) is 0 Å². The van der Waals surface area contributed by atoms with Crippen molar-refractivity contribution in [1.82, 2.24) is 4.98 Å². The summed E-state index contributed by atoms with van der Waals surface area (Å²) < 4.78 is 32.7. The summed E-state index contributed by atoms with van der Waals surface area (Å²) in [6.45, 7) is 1.92. The Morgan fingerprint density at radius 3 is 2.41 bits per heavy atom. The molecule has 0 saturated heterocycles. The summed E-state index contributed by atoms with van der Waals surface area (Å²) in [5.41, 5.74) is 2.03. The van der Waals surface area contributed by atoms with Crippen LogP contribution in [0.25, 0.3) is 22.8 Å². The van der Waals surface area contributed by atoms with Crippen LogP contribution < -0.4 is 9.47 Å². The van der Waals surface area contributed by atoms with Crippen molar-refractivity contribution in [3.8, 4) is 34.3 Å². The van der Waals surface area contributed by atoms with E-state index in [0.29, 0.717) is 40.7 Å². The van der Waals surface area contributed by atoms with Crippen molar-refractivity contribution in [2.75, 3.05) is 34.9 Å². The lowest BCUT2D eigenvalue weighted by molar-refractivity contribution is -0.142. The smallest absolute Gasteiger partial charge is 0.313 e. The fraction of sp³-hybridized carbons (Fsp3) is 0.333. The third kappa shape index (κ3) is 5.27. The summed E-state index contributed by atoms with van der Waals surface area (Å²) in [4.78, 5) is 17.1. The second-order valence-corrected chi connectivity index (χ2v) is 6.87. The summed E-state index contributed by atoms with van der Waals surface area (Å²) in [5, 5.41) is 0. The highest BCUT2D eigenvalue weighted by atomic mass is 16.7. The molecule has 32 heavy (non-hydrogen) atoms. The summed E-state index contributed by atoms with van der Waals surface area (Å²) in [7, 11) is 4.41. The van der Waals surface area contributed by atoms with Gasteiger partial charge < -0.3 is 28.1 Å². The average Bonchev–Trinajstić information content (AvgIpc) is 3.32. The Bertz CT molecular complexity index is 1020. The minimum absolute atomic E-state index is 0.0125. The lowest BCUT2D eigenvalue weighted by Crippen LogP contribution is -2.15. The third-order valence-corrected chi connectivity index (χ3v) is 4.83. The van der Waals surface area contributed by atoms with Crippen LogP contribution in [0, 0.1) is 0 Å². The zero-order valence-electron chi connectivity index (χ0n) is 18.6. The minimum atomic E-state index is -0.585. The Morgan fingerprint density at radius 1 is 1.03 bits per heavy atom. The Hall–Kier alpha value is -3.36. The van der Waals surface area contributed by atoms with Gasteiger partial charge >= 0.3 is 5.97 Å².